The summed E-state index contributed by atoms with van der Waals surface area (Å²) in [4.78, 5) is 0. The van der Waals surface area contributed by atoms with Crippen LogP contribution in [-0.4, -0.2) is 15.3 Å². The molecule has 26 heavy (non-hydrogen) atoms. The zero-order valence-corrected chi connectivity index (χ0v) is 16.5. The summed E-state index contributed by atoms with van der Waals surface area (Å²) in [6, 6.07) is 8.71. The maximum atomic E-state index is 10.9. The lowest BCUT2D eigenvalue weighted by atomic mass is 9.83. The van der Waals surface area contributed by atoms with Crippen LogP contribution in [0.2, 0.25) is 10.0 Å². The van der Waals surface area contributed by atoms with Crippen molar-refractivity contribution in [3.8, 4) is 28.4 Å². The van der Waals surface area contributed by atoms with Gasteiger partial charge in [0.1, 0.15) is 17.2 Å². The molecule has 0 aliphatic heterocycles. The van der Waals surface area contributed by atoms with Crippen LogP contribution in [0.15, 0.2) is 30.3 Å². The number of halogens is 2. The van der Waals surface area contributed by atoms with Crippen molar-refractivity contribution in [2.45, 2.75) is 33.1 Å². The van der Waals surface area contributed by atoms with Crippen molar-refractivity contribution >= 4 is 34.0 Å². The Hall–Kier alpha value is -2.10. The van der Waals surface area contributed by atoms with Crippen molar-refractivity contribution in [1.29, 1.82) is 0 Å². The second kappa shape index (κ2) is 6.26. The lowest BCUT2D eigenvalue weighted by Crippen LogP contribution is -2.12. The normalized spacial score (nSPS) is 11.9. The molecule has 3 rings (SSSR count). The molecule has 3 aromatic rings. The highest BCUT2D eigenvalue weighted by molar-refractivity contribution is 6.37. The molecule has 0 spiro atoms. The molecular formula is C21H20Cl2O3. The number of phenols is 3. The van der Waals surface area contributed by atoms with E-state index in [1.807, 2.05) is 20.8 Å². The van der Waals surface area contributed by atoms with Crippen LogP contribution in [0.1, 0.15) is 31.9 Å². The maximum absolute atomic E-state index is 10.9. The lowest BCUT2D eigenvalue weighted by molar-refractivity contribution is 0.446. The number of rotatable bonds is 1. The highest BCUT2D eigenvalue weighted by atomic mass is 35.5. The van der Waals surface area contributed by atoms with Crippen molar-refractivity contribution in [1.82, 2.24) is 0 Å². The first-order chi connectivity index (χ1) is 12.1. The Balaban J connectivity index is 2.47. The smallest absolute Gasteiger partial charge is 0.142 e. The molecule has 5 heteroatoms. The van der Waals surface area contributed by atoms with Gasteiger partial charge in [0, 0.05) is 21.9 Å². The fourth-order valence-corrected chi connectivity index (χ4v) is 3.68. The molecule has 0 aromatic heterocycles. The second-order valence-corrected chi connectivity index (χ2v) is 8.20. The summed E-state index contributed by atoms with van der Waals surface area (Å²) in [7, 11) is 0. The van der Waals surface area contributed by atoms with Crippen LogP contribution in [0.5, 0.6) is 17.2 Å². The number of aromatic hydroxyl groups is 3. The Labute approximate surface area is 162 Å². The lowest BCUT2D eigenvalue weighted by Gasteiger charge is -2.24. The van der Waals surface area contributed by atoms with E-state index in [1.54, 1.807) is 37.3 Å². The van der Waals surface area contributed by atoms with Crippen molar-refractivity contribution in [3.63, 3.8) is 0 Å². The third-order valence-electron chi connectivity index (χ3n) is 4.66. The number of benzene rings is 3. The molecule has 0 unspecified atom stereocenters. The van der Waals surface area contributed by atoms with E-state index < -0.39 is 0 Å². The largest absolute Gasteiger partial charge is 0.507 e. The van der Waals surface area contributed by atoms with Crippen molar-refractivity contribution in [3.05, 3.63) is 51.5 Å². The van der Waals surface area contributed by atoms with Crippen LogP contribution in [-0.2, 0) is 5.41 Å². The molecule has 0 atom stereocenters. The van der Waals surface area contributed by atoms with E-state index >= 15 is 0 Å². The van der Waals surface area contributed by atoms with E-state index in [1.165, 1.54) is 0 Å². The standard InChI is InChI=1S/C21H20Cl2O3/c1-10-13(9-14(21(2,3)4)20(26)16(10)22)15-17(23)19(25)12-8-6-5-7-11(12)18(15)24/h5-9,24-26H,1-4H3. The van der Waals surface area contributed by atoms with Gasteiger partial charge in [0.2, 0.25) is 0 Å². The van der Waals surface area contributed by atoms with E-state index in [0.29, 0.717) is 33.0 Å². The maximum Gasteiger partial charge on any atom is 0.142 e. The summed E-state index contributed by atoms with van der Waals surface area (Å²) in [6.07, 6.45) is 0. The molecule has 3 nitrogen and oxygen atoms in total. The Morgan fingerprint density at radius 3 is 1.88 bits per heavy atom. The van der Waals surface area contributed by atoms with Crippen molar-refractivity contribution in [2.75, 3.05) is 0 Å². The Morgan fingerprint density at radius 1 is 0.808 bits per heavy atom. The van der Waals surface area contributed by atoms with Crippen molar-refractivity contribution < 1.29 is 15.3 Å². The highest BCUT2D eigenvalue weighted by Crippen LogP contribution is 2.51. The quantitative estimate of drug-likeness (QED) is 0.413. The van der Waals surface area contributed by atoms with Gasteiger partial charge in [0.25, 0.3) is 0 Å². The molecule has 0 aliphatic carbocycles. The molecule has 0 amide bonds. The van der Waals surface area contributed by atoms with Crippen molar-refractivity contribution in [2.24, 2.45) is 0 Å². The van der Waals surface area contributed by atoms with E-state index in [9.17, 15) is 15.3 Å². The molecule has 0 saturated heterocycles. The molecule has 0 heterocycles. The molecule has 0 fully saturated rings. The van der Waals surface area contributed by atoms with Gasteiger partial charge in [0.15, 0.2) is 0 Å². The van der Waals surface area contributed by atoms with Crippen LogP contribution < -0.4 is 0 Å². The SMILES string of the molecule is Cc1c(-c2c(Cl)c(O)c3ccccc3c2O)cc(C(C)(C)C)c(O)c1Cl. The predicted octanol–water partition coefficient (Wildman–Crippen LogP) is 6.54. The van der Waals surface area contributed by atoms with Crippen LogP contribution in [0.4, 0.5) is 0 Å². The van der Waals surface area contributed by atoms with Gasteiger partial charge >= 0.3 is 0 Å². The van der Waals surface area contributed by atoms with Gasteiger partial charge in [-0.15, -0.1) is 0 Å². The summed E-state index contributed by atoms with van der Waals surface area (Å²) >= 11 is 12.8. The van der Waals surface area contributed by atoms with E-state index in [4.69, 9.17) is 23.2 Å². The van der Waals surface area contributed by atoms with Gasteiger partial charge in [-0.2, -0.15) is 0 Å². The first kappa shape index (κ1) is 18.7. The Bertz CT molecular complexity index is 1030. The first-order valence-corrected chi connectivity index (χ1v) is 8.96. The third kappa shape index (κ3) is 2.76. The summed E-state index contributed by atoms with van der Waals surface area (Å²) in [6.45, 7) is 7.61. The third-order valence-corrected chi connectivity index (χ3v) is 5.49. The number of fused-ring (bicyclic) bond motifs is 1. The molecule has 3 N–H and O–H groups in total. The number of hydrogen-bond acceptors (Lipinski definition) is 3. The Morgan fingerprint density at radius 2 is 1.35 bits per heavy atom. The summed E-state index contributed by atoms with van der Waals surface area (Å²) in [5.74, 6) is -0.120. The van der Waals surface area contributed by atoms with Crippen LogP contribution in [0, 0.1) is 6.92 Å². The molecule has 0 bridgehead atoms. The fraction of sp³-hybridized carbons (Fsp3) is 0.238. The first-order valence-electron chi connectivity index (χ1n) is 8.20. The monoisotopic (exact) mass is 390 g/mol. The zero-order chi connectivity index (χ0) is 19.4. The van der Waals surface area contributed by atoms with Gasteiger partial charge in [0.05, 0.1) is 10.0 Å². The predicted molar refractivity (Wildman–Crippen MR) is 108 cm³/mol. The average Bonchev–Trinajstić information content (AvgIpc) is 2.58. The molecule has 0 aliphatic rings. The van der Waals surface area contributed by atoms with Gasteiger partial charge < -0.3 is 15.3 Å². The zero-order valence-electron chi connectivity index (χ0n) is 15.0. The Kier molecular flexibility index (Phi) is 4.50. The minimum Gasteiger partial charge on any atom is -0.507 e. The van der Waals surface area contributed by atoms with Crippen LogP contribution >= 0.6 is 23.2 Å². The molecule has 0 saturated carbocycles. The van der Waals surface area contributed by atoms with E-state index in [-0.39, 0.29) is 32.7 Å². The topological polar surface area (TPSA) is 60.7 Å². The summed E-state index contributed by atoms with van der Waals surface area (Å²) in [5.41, 5.74) is 1.70. The minimum absolute atomic E-state index is 0.0149. The number of phenolic OH excluding ortho intramolecular Hbond substituents is 3. The average molecular weight is 391 g/mol. The van der Waals surface area contributed by atoms with Crippen LogP contribution in [0.25, 0.3) is 21.9 Å². The molecule has 136 valence electrons. The van der Waals surface area contributed by atoms with Gasteiger partial charge in [-0.3, -0.25) is 0 Å². The van der Waals surface area contributed by atoms with Crippen LogP contribution in [0.3, 0.4) is 0 Å². The second-order valence-electron chi connectivity index (χ2n) is 7.44. The summed E-state index contributed by atoms with van der Waals surface area (Å²) < 4.78 is 0. The summed E-state index contributed by atoms with van der Waals surface area (Å²) in [5, 5.41) is 33.1. The molecule has 0 radical (unpaired) electrons. The van der Waals surface area contributed by atoms with E-state index in [2.05, 4.69) is 0 Å². The van der Waals surface area contributed by atoms with Gasteiger partial charge in [-0.25, -0.2) is 0 Å². The van der Waals surface area contributed by atoms with Gasteiger partial charge in [-0.1, -0.05) is 68.2 Å². The van der Waals surface area contributed by atoms with E-state index in [0.717, 1.165) is 0 Å². The fourth-order valence-electron chi connectivity index (χ4n) is 3.18. The molecule has 3 aromatic carbocycles. The van der Waals surface area contributed by atoms with Gasteiger partial charge in [-0.05, 0) is 29.5 Å². The highest BCUT2D eigenvalue weighted by Gasteiger charge is 2.27. The number of hydrogen-bond donors (Lipinski definition) is 3. The minimum atomic E-state index is -0.378. The molecular weight excluding hydrogens is 371 g/mol.